The van der Waals surface area contributed by atoms with Crippen LogP contribution >= 0.6 is 0 Å². The van der Waals surface area contributed by atoms with Crippen molar-refractivity contribution in [2.45, 2.75) is 32.2 Å². The van der Waals surface area contributed by atoms with E-state index in [2.05, 4.69) is 9.55 Å². The molecule has 1 unspecified atom stereocenters. The minimum Gasteiger partial charge on any atom is -0.493 e. The van der Waals surface area contributed by atoms with Gasteiger partial charge in [-0.15, -0.1) is 0 Å². The largest absolute Gasteiger partial charge is 0.493 e. The molecule has 3 rings (SSSR count). The van der Waals surface area contributed by atoms with Crippen LogP contribution in [0.25, 0.3) is 0 Å². The number of imidazole rings is 1. The Hall–Kier alpha value is -2.30. The van der Waals surface area contributed by atoms with Crippen molar-refractivity contribution in [2.75, 3.05) is 19.7 Å². The zero-order valence-corrected chi connectivity index (χ0v) is 13.5. The molecule has 23 heavy (non-hydrogen) atoms. The topological polar surface area (TPSA) is 47.4 Å². The van der Waals surface area contributed by atoms with Gasteiger partial charge in [0.25, 0.3) is 0 Å². The van der Waals surface area contributed by atoms with Crippen molar-refractivity contribution in [1.82, 2.24) is 14.5 Å². The van der Waals surface area contributed by atoms with Crippen LogP contribution in [0.4, 0.5) is 0 Å². The van der Waals surface area contributed by atoms with Crippen molar-refractivity contribution >= 4 is 5.91 Å². The second kappa shape index (κ2) is 7.31. The predicted octanol–water partition coefficient (Wildman–Crippen LogP) is 2.82. The summed E-state index contributed by atoms with van der Waals surface area (Å²) >= 11 is 0. The molecule has 2 heterocycles. The first-order valence-corrected chi connectivity index (χ1v) is 8.17. The van der Waals surface area contributed by atoms with Crippen LogP contribution in [0.2, 0.25) is 0 Å². The summed E-state index contributed by atoms with van der Waals surface area (Å²) in [6, 6.07) is 8.25. The Morgan fingerprint density at radius 1 is 1.43 bits per heavy atom. The number of carbonyl (C=O) groups is 1. The summed E-state index contributed by atoms with van der Waals surface area (Å²) in [4.78, 5) is 18.4. The second-order valence-electron chi connectivity index (χ2n) is 6.06. The van der Waals surface area contributed by atoms with Crippen LogP contribution in [0.1, 0.15) is 30.9 Å². The monoisotopic (exact) mass is 313 g/mol. The van der Waals surface area contributed by atoms with Gasteiger partial charge >= 0.3 is 0 Å². The number of hydrogen-bond donors (Lipinski definition) is 0. The average molecular weight is 313 g/mol. The molecule has 0 saturated carbocycles. The van der Waals surface area contributed by atoms with Gasteiger partial charge in [-0.25, -0.2) is 4.98 Å². The number of piperidine rings is 1. The number of aryl methyl sites for hydroxylation is 1. The minimum absolute atomic E-state index is 0.169. The quantitative estimate of drug-likeness (QED) is 0.853. The zero-order valence-electron chi connectivity index (χ0n) is 13.5. The molecule has 0 aliphatic carbocycles. The summed E-state index contributed by atoms with van der Waals surface area (Å²) in [7, 11) is 0. The molecule has 1 amide bonds. The van der Waals surface area contributed by atoms with Crippen LogP contribution < -0.4 is 4.74 Å². The predicted molar refractivity (Wildman–Crippen MR) is 88.4 cm³/mol. The third-order valence-corrected chi connectivity index (χ3v) is 4.27. The van der Waals surface area contributed by atoms with E-state index in [1.54, 1.807) is 6.20 Å². The van der Waals surface area contributed by atoms with Crippen LogP contribution in [0.5, 0.6) is 5.75 Å². The molecule has 1 atom stereocenters. The molecule has 0 bridgehead atoms. The fourth-order valence-corrected chi connectivity index (χ4v) is 3.03. The van der Waals surface area contributed by atoms with Gasteiger partial charge in [-0.05, 0) is 37.5 Å². The normalized spacial score (nSPS) is 18.0. The number of likely N-dealkylation sites (tertiary alicyclic amines) is 1. The SMILES string of the molecule is Cc1cccc(OCCC(=O)N2CCCC(n3ccnc3)C2)c1. The van der Waals surface area contributed by atoms with Gasteiger partial charge < -0.3 is 14.2 Å². The molecule has 1 aliphatic rings. The standard InChI is InChI=1S/C18H23N3O2/c1-15-4-2-6-17(12-15)23-11-7-18(22)20-9-3-5-16(13-20)21-10-8-19-14-21/h2,4,6,8,10,12,14,16H,3,5,7,9,11,13H2,1H3. The maximum absolute atomic E-state index is 12.4. The number of rotatable bonds is 5. The van der Waals surface area contributed by atoms with Gasteiger partial charge in [0.15, 0.2) is 0 Å². The summed E-state index contributed by atoms with van der Waals surface area (Å²) in [6.45, 7) is 4.06. The van der Waals surface area contributed by atoms with Crippen molar-refractivity contribution < 1.29 is 9.53 Å². The maximum atomic E-state index is 12.4. The molecule has 1 fully saturated rings. The van der Waals surface area contributed by atoms with E-state index >= 15 is 0 Å². The van der Waals surface area contributed by atoms with Crippen molar-refractivity contribution in [3.05, 3.63) is 48.5 Å². The van der Waals surface area contributed by atoms with Gasteiger partial charge in [-0.1, -0.05) is 12.1 Å². The van der Waals surface area contributed by atoms with Crippen molar-refractivity contribution in [1.29, 1.82) is 0 Å². The van der Waals surface area contributed by atoms with Crippen LogP contribution in [0.3, 0.4) is 0 Å². The summed E-state index contributed by atoms with van der Waals surface area (Å²) < 4.78 is 7.78. The van der Waals surface area contributed by atoms with Gasteiger partial charge in [-0.2, -0.15) is 0 Å². The molecule has 1 aromatic carbocycles. The molecule has 2 aromatic rings. The molecule has 1 aliphatic heterocycles. The van der Waals surface area contributed by atoms with E-state index < -0.39 is 0 Å². The number of aromatic nitrogens is 2. The average Bonchev–Trinajstić information content (AvgIpc) is 3.09. The fourth-order valence-electron chi connectivity index (χ4n) is 3.03. The second-order valence-corrected chi connectivity index (χ2v) is 6.06. The molecule has 0 radical (unpaired) electrons. The number of benzene rings is 1. The molecule has 5 heteroatoms. The highest BCUT2D eigenvalue weighted by molar-refractivity contribution is 5.76. The Kier molecular flexibility index (Phi) is 4.95. The van der Waals surface area contributed by atoms with Gasteiger partial charge in [0.05, 0.1) is 25.4 Å². The van der Waals surface area contributed by atoms with Gasteiger partial charge in [0, 0.05) is 25.5 Å². The van der Waals surface area contributed by atoms with Crippen LogP contribution in [-0.4, -0.2) is 40.1 Å². The first kappa shape index (κ1) is 15.6. The third kappa shape index (κ3) is 4.12. The van der Waals surface area contributed by atoms with Crippen LogP contribution in [-0.2, 0) is 4.79 Å². The van der Waals surface area contributed by atoms with E-state index in [-0.39, 0.29) is 5.91 Å². The smallest absolute Gasteiger partial charge is 0.226 e. The van der Waals surface area contributed by atoms with E-state index in [0.717, 1.165) is 37.2 Å². The van der Waals surface area contributed by atoms with Gasteiger partial charge in [0.2, 0.25) is 5.91 Å². The highest BCUT2D eigenvalue weighted by Crippen LogP contribution is 2.21. The number of hydrogen-bond acceptors (Lipinski definition) is 3. The molecule has 5 nitrogen and oxygen atoms in total. The Balaban J connectivity index is 1.48. The highest BCUT2D eigenvalue weighted by atomic mass is 16.5. The zero-order chi connectivity index (χ0) is 16.1. The lowest BCUT2D eigenvalue weighted by Gasteiger charge is -2.33. The van der Waals surface area contributed by atoms with E-state index in [4.69, 9.17) is 4.74 Å². The van der Waals surface area contributed by atoms with E-state index in [9.17, 15) is 4.79 Å². The lowest BCUT2D eigenvalue weighted by atomic mass is 10.1. The van der Waals surface area contributed by atoms with E-state index in [1.807, 2.05) is 48.6 Å². The Labute approximate surface area is 136 Å². The summed E-state index contributed by atoms with van der Waals surface area (Å²) in [5, 5.41) is 0. The minimum atomic E-state index is 0.169. The van der Waals surface area contributed by atoms with E-state index in [0.29, 0.717) is 19.1 Å². The van der Waals surface area contributed by atoms with E-state index in [1.165, 1.54) is 0 Å². The summed E-state index contributed by atoms with van der Waals surface area (Å²) in [6.07, 6.45) is 8.15. The number of amides is 1. The molecule has 0 spiro atoms. The maximum Gasteiger partial charge on any atom is 0.226 e. The number of carbonyl (C=O) groups excluding carboxylic acids is 1. The summed E-state index contributed by atoms with van der Waals surface area (Å²) in [5.41, 5.74) is 1.16. The molecular weight excluding hydrogens is 290 g/mol. The Morgan fingerprint density at radius 2 is 2.35 bits per heavy atom. The lowest BCUT2D eigenvalue weighted by molar-refractivity contribution is -0.133. The fraction of sp³-hybridized carbons (Fsp3) is 0.444. The Morgan fingerprint density at radius 3 is 3.13 bits per heavy atom. The molecular formula is C18H23N3O2. The van der Waals surface area contributed by atoms with Gasteiger partial charge in [-0.3, -0.25) is 4.79 Å². The Bertz CT molecular complexity index is 639. The van der Waals surface area contributed by atoms with Crippen molar-refractivity contribution in [3.63, 3.8) is 0 Å². The first-order chi connectivity index (χ1) is 11.2. The number of nitrogens with zero attached hydrogens (tertiary/aromatic N) is 3. The van der Waals surface area contributed by atoms with Crippen LogP contribution in [0.15, 0.2) is 43.0 Å². The molecule has 1 saturated heterocycles. The molecule has 1 aromatic heterocycles. The van der Waals surface area contributed by atoms with Crippen LogP contribution in [0, 0.1) is 6.92 Å². The molecule has 0 N–H and O–H groups in total. The van der Waals surface area contributed by atoms with Crippen molar-refractivity contribution in [2.24, 2.45) is 0 Å². The number of ether oxygens (including phenoxy) is 1. The lowest BCUT2D eigenvalue weighted by Crippen LogP contribution is -2.41. The summed E-state index contributed by atoms with van der Waals surface area (Å²) in [5.74, 6) is 0.996. The highest BCUT2D eigenvalue weighted by Gasteiger charge is 2.24. The third-order valence-electron chi connectivity index (χ3n) is 4.27. The molecule has 122 valence electrons. The van der Waals surface area contributed by atoms with Gasteiger partial charge in [0.1, 0.15) is 5.75 Å². The van der Waals surface area contributed by atoms with Crippen molar-refractivity contribution in [3.8, 4) is 5.75 Å². The first-order valence-electron chi connectivity index (χ1n) is 8.17.